The van der Waals surface area contributed by atoms with Gasteiger partial charge >= 0.3 is 0 Å². The van der Waals surface area contributed by atoms with Crippen LogP contribution in [-0.2, 0) is 4.79 Å². The summed E-state index contributed by atoms with van der Waals surface area (Å²) in [5, 5.41) is 5.33. The standard InChI is InChI=1S/C25H30N4O2S/c1-16-8-5-6-12-20(16)26-23(30)18-11-7-13-29(14-18)25-27-21-19(17-9-3-2-4-10-17)15-32-22(21)24(31)28-25/h2-4,9-10,15-16,18,20H,5-8,11-14H2,1H3,(H,26,30)(H,27,28,31)/t16-,18-,20-/m1/s1. The molecular weight excluding hydrogens is 420 g/mol. The number of H-pyrrole nitrogens is 1. The molecule has 2 fully saturated rings. The molecule has 1 aromatic carbocycles. The lowest BCUT2D eigenvalue weighted by atomic mass is 9.85. The fraction of sp³-hybridized carbons (Fsp3) is 0.480. The molecule has 2 aromatic heterocycles. The Labute approximate surface area is 192 Å². The number of thiophene rings is 1. The van der Waals surface area contributed by atoms with Crippen LogP contribution in [-0.4, -0.2) is 35.0 Å². The van der Waals surface area contributed by atoms with E-state index >= 15 is 0 Å². The van der Waals surface area contributed by atoms with Gasteiger partial charge in [0.25, 0.3) is 5.56 Å². The van der Waals surface area contributed by atoms with Crippen LogP contribution in [0.15, 0.2) is 40.5 Å². The van der Waals surface area contributed by atoms with Crippen LogP contribution in [0.3, 0.4) is 0 Å². The number of amides is 1. The van der Waals surface area contributed by atoms with E-state index in [0.717, 1.165) is 42.5 Å². The fourth-order valence-corrected chi connectivity index (χ4v) is 6.01. The minimum atomic E-state index is -0.111. The molecule has 2 N–H and O–H groups in total. The number of aromatic amines is 1. The Hall–Kier alpha value is -2.67. The topological polar surface area (TPSA) is 78.1 Å². The van der Waals surface area contributed by atoms with E-state index in [1.165, 1.54) is 30.6 Å². The van der Waals surface area contributed by atoms with Crippen LogP contribution in [0.5, 0.6) is 0 Å². The van der Waals surface area contributed by atoms with Crippen molar-refractivity contribution in [3.63, 3.8) is 0 Å². The van der Waals surface area contributed by atoms with Crippen molar-refractivity contribution in [3.05, 3.63) is 46.1 Å². The number of nitrogens with one attached hydrogen (secondary N) is 2. The lowest BCUT2D eigenvalue weighted by molar-refractivity contribution is -0.126. The first-order valence-electron chi connectivity index (χ1n) is 11.7. The quantitative estimate of drug-likeness (QED) is 0.611. The van der Waals surface area contributed by atoms with Gasteiger partial charge < -0.3 is 10.2 Å². The summed E-state index contributed by atoms with van der Waals surface area (Å²) < 4.78 is 0.644. The monoisotopic (exact) mass is 450 g/mol. The number of carbonyl (C=O) groups excluding carboxylic acids is 1. The van der Waals surface area contributed by atoms with Gasteiger partial charge in [-0.15, -0.1) is 11.3 Å². The van der Waals surface area contributed by atoms with Crippen LogP contribution >= 0.6 is 11.3 Å². The van der Waals surface area contributed by atoms with Crippen molar-refractivity contribution < 1.29 is 4.79 Å². The second-order valence-corrected chi connectivity index (χ2v) is 10.1. The summed E-state index contributed by atoms with van der Waals surface area (Å²) in [4.78, 5) is 35.8. The highest BCUT2D eigenvalue weighted by Crippen LogP contribution is 2.32. The smallest absolute Gasteiger partial charge is 0.270 e. The highest BCUT2D eigenvalue weighted by molar-refractivity contribution is 7.17. The summed E-state index contributed by atoms with van der Waals surface area (Å²) in [5.74, 6) is 1.19. The van der Waals surface area contributed by atoms with Gasteiger partial charge in [0.05, 0.1) is 11.4 Å². The number of benzene rings is 1. The van der Waals surface area contributed by atoms with Crippen LogP contribution in [0.1, 0.15) is 45.4 Å². The summed E-state index contributed by atoms with van der Waals surface area (Å²) in [6.45, 7) is 3.63. The van der Waals surface area contributed by atoms with E-state index < -0.39 is 0 Å². The maximum Gasteiger partial charge on any atom is 0.270 e. The number of hydrogen-bond donors (Lipinski definition) is 2. The van der Waals surface area contributed by atoms with Gasteiger partial charge in [0.2, 0.25) is 11.9 Å². The Morgan fingerprint density at radius 1 is 1.16 bits per heavy atom. The van der Waals surface area contributed by atoms with Crippen LogP contribution in [0.25, 0.3) is 21.3 Å². The number of rotatable bonds is 4. The highest BCUT2D eigenvalue weighted by Gasteiger charge is 2.30. The molecule has 2 aliphatic rings. The van der Waals surface area contributed by atoms with Gasteiger partial charge in [-0.3, -0.25) is 14.6 Å². The van der Waals surface area contributed by atoms with Gasteiger partial charge in [-0.1, -0.05) is 50.1 Å². The molecule has 32 heavy (non-hydrogen) atoms. The Morgan fingerprint density at radius 3 is 2.78 bits per heavy atom. The van der Waals surface area contributed by atoms with Gasteiger partial charge in [-0.25, -0.2) is 4.98 Å². The van der Waals surface area contributed by atoms with Crippen LogP contribution < -0.4 is 15.8 Å². The predicted molar refractivity (Wildman–Crippen MR) is 130 cm³/mol. The molecule has 6 nitrogen and oxygen atoms in total. The van der Waals surface area contributed by atoms with Crippen molar-refractivity contribution in [3.8, 4) is 11.1 Å². The third-order valence-electron chi connectivity index (χ3n) is 7.03. The van der Waals surface area contributed by atoms with E-state index in [-0.39, 0.29) is 17.4 Å². The maximum atomic E-state index is 13.0. The van der Waals surface area contributed by atoms with E-state index in [2.05, 4.69) is 22.1 Å². The van der Waals surface area contributed by atoms with Crippen molar-refractivity contribution in [2.24, 2.45) is 11.8 Å². The molecule has 7 heteroatoms. The van der Waals surface area contributed by atoms with Crippen LogP contribution in [0.4, 0.5) is 5.95 Å². The normalized spacial score (nSPS) is 23.9. The zero-order valence-corrected chi connectivity index (χ0v) is 19.3. The van der Waals surface area contributed by atoms with E-state index in [0.29, 0.717) is 29.2 Å². The first kappa shape index (κ1) is 21.2. The number of nitrogens with zero attached hydrogens (tertiary/aromatic N) is 2. The zero-order chi connectivity index (χ0) is 22.1. The van der Waals surface area contributed by atoms with Gasteiger partial charge in [-0.05, 0) is 37.2 Å². The third-order valence-corrected chi connectivity index (χ3v) is 8.00. The Morgan fingerprint density at radius 2 is 1.97 bits per heavy atom. The first-order valence-corrected chi connectivity index (χ1v) is 12.6. The average molecular weight is 451 g/mol. The van der Waals surface area contributed by atoms with Gasteiger partial charge in [-0.2, -0.15) is 0 Å². The average Bonchev–Trinajstić information content (AvgIpc) is 3.26. The molecule has 5 rings (SSSR count). The maximum absolute atomic E-state index is 13.0. The number of fused-ring (bicyclic) bond motifs is 1. The van der Waals surface area contributed by atoms with Crippen LogP contribution in [0, 0.1) is 11.8 Å². The summed E-state index contributed by atoms with van der Waals surface area (Å²) in [6.07, 6.45) is 6.52. The highest BCUT2D eigenvalue weighted by atomic mass is 32.1. The van der Waals surface area contributed by atoms with Crippen molar-refractivity contribution in [2.45, 2.75) is 51.5 Å². The minimum absolute atomic E-state index is 0.0741. The molecule has 0 bridgehead atoms. The Bertz CT molecular complexity index is 1160. The number of carbonyl (C=O) groups is 1. The zero-order valence-electron chi connectivity index (χ0n) is 18.5. The lowest BCUT2D eigenvalue weighted by Crippen LogP contribution is -2.48. The molecule has 3 heterocycles. The molecule has 3 aromatic rings. The van der Waals surface area contributed by atoms with Crippen molar-refractivity contribution in [1.82, 2.24) is 15.3 Å². The van der Waals surface area contributed by atoms with E-state index in [1.54, 1.807) is 0 Å². The summed E-state index contributed by atoms with van der Waals surface area (Å²) >= 11 is 1.43. The molecule has 0 unspecified atom stereocenters. The molecule has 0 radical (unpaired) electrons. The second kappa shape index (κ2) is 9.06. The summed E-state index contributed by atoms with van der Waals surface area (Å²) in [7, 11) is 0. The molecule has 1 amide bonds. The molecule has 1 saturated carbocycles. The SMILES string of the molecule is C[C@@H]1CCCC[C@H]1NC(=O)[C@@H]1CCCN(c2nc3c(-c4ccccc4)csc3c(=O)[nH]2)C1. The van der Waals surface area contributed by atoms with E-state index in [1.807, 2.05) is 35.7 Å². The Balaban J connectivity index is 1.37. The predicted octanol–water partition coefficient (Wildman–Crippen LogP) is 4.56. The molecule has 168 valence electrons. The molecule has 1 aliphatic heterocycles. The molecular formula is C25H30N4O2S. The number of anilines is 1. The van der Waals surface area contributed by atoms with E-state index in [4.69, 9.17) is 4.98 Å². The molecule has 0 spiro atoms. The van der Waals surface area contributed by atoms with E-state index in [9.17, 15) is 9.59 Å². The molecule has 1 saturated heterocycles. The lowest BCUT2D eigenvalue weighted by Gasteiger charge is -2.35. The number of hydrogen-bond acceptors (Lipinski definition) is 5. The van der Waals surface area contributed by atoms with Gasteiger partial charge in [0, 0.05) is 30.1 Å². The first-order chi connectivity index (χ1) is 15.6. The van der Waals surface area contributed by atoms with Crippen LogP contribution in [0.2, 0.25) is 0 Å². The summed E-state index contributed by atoms with van der Waals surface area (Å²) in [5.41, 5.74) is 2.66. The third kappa shape index (κ3) is 4.18. The van der Waals surface area contributed by atoms with Crippen molar-refractivity contribution in [1.29, 1.82) is 0 Å². The largest absolute Gasteiger partial charge is 0.353 e. The Kier molecular flexibility index (Phi) is 6.00. The minimum Gasteiger partial charge on any atom is -0.353 e. The number of aromatic nitrogens is 2. The van der Waals surface area contributed by atoms with Crippen molar-refractivity contribution >= 4 is 33.4 Å². The fourth-order valence-electron chi connectivity index (χ4n) is 5.10. The summed E-state index contributed by atoms with van der Waals surface area (Å²) in [6, 6.07) is 10.3. The molecule has 1 aliphatic carbocycles. The number of piperidine rings is 1. The van der Waals surface area contributed by atoms with Gasteiger partial charge in [0.15, 0.2) is 0 Å². The second-order valence-electron chi connectivity index (χ2n) is 9.24. The van der Waals surface area contributed by atoms with Gasteiger partial charge in [0.1, 0.15) is 4.70 Å². The van der Waals surface area contributed by atoms with Crippen molar-refractivity contribution in [2.75, 3.05) is 18.0 Å². The molecule has 3 atom stereocenters.